The highest BCUT2D eigenvalue weighted by Gasteiger charge is 2.16. The van der Waals surface area contributed by atoms with Crippen molar-refractivity contribution in [3.63, 3.8) is 0 Å². The molecule has 5 nitrogen and oxygen atoms in total. The number of hydrogen-bond acceptors (Lipinski definition) is 5. The largest absolute Gasteiger partial charge is 0.319 e. The van der Waals surface area contributed by atoms with Crippen molar-refractivity contribution in [2.45, 2.75) is 13.3 Å². The van der Waals surface area contributed by atoms with Crippen molar-refractivity contribution in [3.8, 4) is 11.4 Å². The molecule has 1 N–H and O–H groups in total. The van der Waals surface area contributed by atoms with Gasteiger partial charge >= 0.3 is 0 Å². The van der Waals surface area contributed by atoms with Crippen molar-refractivity contribution in [2.24, 2.45) is 0 Å². The Labute approximate surface area is 171 Å². The topological polar surface area (TPSA) is 67.8 Å². The van der Waals surface area contributed by atoms with E-state index >= 15 is 0 Å². The normalized spacial score (nSPS) is 10.7. The molecule has 0 fully saturated rings. The Bertz CT molecular complexity index is 1130. The van der Waals surface area contributed by atoms with Crippen molar-refractivity contribution in [3.05, 3.63) is 94.0 Å². The number of carbonyl (C=O) groups is 1. The molecule has 4 aromatic rings. The van der Waals surface area contributed by atoms with Gasteiger partial charge in [0, 0.05) is 12.0 Å². The fourth-order valence-corrected chi connectivity index (χ4v) is 3.83. The van der Waals surface area contributed by atoms with Crippen LogP contribution in [0.25, 0.3) is 11.4 Å². The van der Waals surface area contributed by atoms with E-state index in [0.29, 0.717) is 28.5 Å². The van der Waals surface area contributed by atoms with Crippen LogP contribution in [0.3, 0.4) is 0 Å². The highest BCUT2D eigenvalue weighted by molar-refractivity contribution is 7.14. The number of thiazole rings is 1. The quantitative estimate of drug-likeness (QED) is 0.514. The van der Waals surface area contributed by atoms with E-state index in [4.69, 9.17) is 0 Å². The van der Waals surface area contributed by atoms with Gasteiger partial charge in [-0.05, 0) is 24.6 Å². The van der Waals surface area contributed by atoms with Gasteiger partial charge in [0.05, 0.1) is 28.8 Å². The summed E-state index contributed by atoms with van der Waals surface area (Å²) >= 11 is 1.33. The molecule has 0 atom stereocenters. The molecule has 0 spiro atoms. The third-order valence-electron chi connectivity index (χ3n) is 4.26. The summed E-state index contributed by atoms with van der Waals surface area (Å²) < 4.78 is 13.1. The summed E-state index contributed by atoms with van der Waals surface area (Å²) in [6, 6.07) is 15.9. The molecule has 1 amide bonds. The van der Waals surface area contributed by atoms with Crippen LogP contribution in [0.5, 0.6) is 0 Å². The lowest BCUT2D eigenvalue weighted by Crippen LogP contribution is -2.12. The Morgan fingerprint density at radius 1 is 1.03 bits per heavy atom. The van der Waals surface area contributed by atoms with Gasteiger partial charge in [-0.25, -0.2) is 19.3 Å². The zero-order chi connectivity index (χ0) is 20.2. The summed E-state index contributed by atoms with van der Waals surface area (Å²) in [4.78, 5) is 26.3. The lowest BCUT2D eigenvalue weighted by atomic mass is 10.1. The minimum Gasteiger partial charge on any atom is -0.319 e. The van der Waals surface area contributed by atoms with Crippen molar-refractivity contribution < 1.29 is 9.18 Å². The Hall–Kier alpha value is -3.45. The molecule has 29 heavy (non-hydrogen) atoms. The maximum absolute atomic E-state index is 13.1. The number of anilines is 1. The fraction of sp³-hybridized carbons (Fsp3) is 0.0909. The Kier molecular flexibility index (Phi) is 5.39. The van der Waals surface area contributed by atoms with Crippen LogP contribution in [-0.4, -0.2) is 20.9 Å². The van der Waals surface area contributed by atoms with Crippen molar-refractivity contribution >= 4 is 22.9 Å². The zero-order valence-electron chi connectivity index (χ0n) is 15.6. The highest BCUT2D eigenvalue weighted by Crippen LogP contribution is 2.22. The molecular formula is C22H17FN4OS. The number of nitrogens with one attached hydrogen (secondary N) is 1. The standard InChI is InChI=1S/C22H17FN4OS/c1-14-20(29-19(26-14)11-15-7-9-17(23)10-8-15)22(28)27-18-12-24-21(25-13-18)16-5-3-2-4-6-16/h2-10,12-13H,11H2,1H3,(H,27,28). The summed E-state index contributed by atoms with van der Waals surface area (Å²) in [6.07, 6.45) is 3.72. The molecule has 0 aliphatic carbocycles. The second-order valence-electron chi connectivity index (χ2n) is 6.44. The Morgan fingerprint density at radius 2 is 1.72 bits per heavy atom. The minimum absolute atomic E-state index is 0.249. The molecule has 144 valence electrons. The number of nitrogens with zero attached hydrogens (tertiary/aromatic N) is 3. The van der Waals surface area contributed by atoms with Crippen LogP contribution in [0, 0.1) is 12.7 Å². The third kappa shape index (κ3) is 4.52. The van der Waals surface area contributed by atoms with Gasteiger partial charge in [-0.15, -0.1) is 11.3 Å². The van der Waals surface area contributed by atoms with Crippen molar-refractivity contribution in [2.75, 3.05) is 5.32 Å². The summed E-state index contributed by atoms with van der Waals surface area (Å²) in [5.74, 6) is 0.0743. The Balaban J connectivity index is 1.46. The van der Waals surface area contributed by atoms with Gasteiger partial charge in [0.2, 0.25) is 0 Å². The van der Waals surface area contributed by atoms with E-state index in [1.807, 2.05) is 30.3 Å². The number of hydrogen-bond donors (Lipinski definition) is 1. The zero-order valence-corrected chi connectivity index (χ0v) is 16.4. The number of rotatable bonds is 5. The van der Waals surface area contributed by atoms with Gasteiger partial charge in [-0.2, -0.15) is 0 Å². The van der Waals surface area contributed by atoms with Gasteiger partial charge < -0.3 is 5.32 Å². The summed E-state index contributed by atoms with van der Waals surface area (Å²) in [5.41, 5.74) is 3.03. The second kappa shape index (κ2) is 8.28. The maximum Gasteiger partial charge on any atom is 0.267 e. The molecule has 0 radical (unpaired) electrons. The van der Waals surface area contributed by atoms with Gasteiger partial charge in [0.25, 0.3) is 5.91 Å². The first kappa shape index (κ1) is 18.9. The van der Waals surface area contributed by atoms with E-state index in [-0.39, 0.29) is 11.7 Å². The molecule has 2 aromatic heterocycles. The van der Waals surface area contributed by atoms with Crippen molar-refractivity contribution in [1.82, 2.24) is 15.0 Å². The lowest BCUT2D eigenvalue weighted by molar-refractivity contribution is 0.102. The SMILES string of the molecule is Cc1nc(Cc2ccc(F)cc2)sc1C(=O)Nc1cnc(-c2ccccc2)nc1. The van der Waals surface area contributed by atoms with Gasteiger partial charge in [-0.3, -0.25) is 4.79 Å². The van der Waals surface area contributed by atoms with Crippen LogP contribution in [0.15, 0.2) is 67.0 Å². The first-order valence-corrected chi connectivity index (χ1v) is 9.80. The van der Waals surface area contributed by atoms with E-state index in [2.05, 4.69) is 20.3 Å². The van der Waals surface area contributed by atoms with Crippen LogP contribution in [0.1, 0.15) is 25.9 Å². The number of aryl methyl sites for hydroxylation is 1. The number of halogens is 1. The van der Waals surface area contributed by atoms with Crippen LogP contribution in [-0.2, 0) is 6.42 Å². The smallest absolute Gasteiger partial charge is 0.267 e. The fourth-order valence-electron chi connectivity index (χ4n) is 2.83. The van der Waals surface area contributed by atoms with Gasteiger partial charge in [0.15, 0.2) is 5.82 Å². The molecule has 0 bridgehead atoms. The number of benzene rings is 2. The summed E-state index contributed by atoms with van der Waals surface area (Å²) in [5, 5.41) is 3.62. The second-order valence-corrected chi connectivity index (χ2v) is 7.52. The molecule has 0 saturated carbocycles. The van der Waals surface area contributed by atoms with Crippen molar-refractivity contribution in [1.29, 1.82) is 0 Å². The highest BCUT2D eigenvalue weighted by atomic mass is 32.1. The number of carbonyl (C=O) groups excluding carboxylic acids is 1. The predicted octanol–water partition coefficient (Wildman–Crippen LogP) is 4.89. The van der Waals surface area contributed by atoms with E-state index in [9.17, 15) is 9.18 Å². The van der Waals surface area contributed by atoms with E-state index in [0.717, 1.165) is 16.1 Å². The molecule has 7 heteroatoms. The van der Waals surface area contributed by atoms with E-state index in [1.54, 1.807) is 31.5 Å². The molecule has 2 aromatic carbocycles. The molecule has 0 saturated heterocycles. The average Bonchev–Trinajstić information content (AvgIpc) is 3.11. The molecular weight excluding hydrogens is 387 g/mol. The van der Waals surface area contributed by atoms with E-state index < -0.39 is 0 Å². The van der Waals surface area contributed by atoms with Gasteiger partial charge in [-0.1, -0.05) is 42.5 Å². The lowest BCUT2D eigenvalue weighted by Gasteiger charge is -2.04. The van der Waals surface area contributed by atoms with E-state index in [1.165, 1.54) is 23.5 Å². The number of aromatic nitrogens is 3. The Morgan fingerprint density at radius 3 is 2.41 bits per heavy atom. The molecule has 0 unspecified atom stereocenters. The van der Waals surface area contributed by atoms with Crippen LogP contribution < -0.4 is 5.32 Å². The maximum atomic E-state index is 13.1. The minimum atomic E-state index is -0.273. The monoisotopic (exact) mass is 404 g/mol. The molecule has 2 heterocycles. The first-order chi connectivity index (χ1) is 14.1. The summed E-state index contributed by atoms with van der Waals surface area (Å²) in [6.45, 7) is 1.80. The third-order valence-corrected chi connectivity index (χ3v) is 5.41. The number of amides is 1. The predicted molar refractivity (Wildman–Crippen MR) is 111 cm³/mol. The molecule has 4 rings (SSSR count). The average molecular weight is 404 g/mol. The molecule has 0 aliphatic heterocycles. The van der Waals surface area contributed by atoms with Crippen LogP contribution in [0.2, 0.25) is 0 Å². The van der Waals surface area contributed by atoms with Crippen LogP contribution >= 0.6 is 11.3 Å². The van der Waals surface area contributed by atoms with Gasteiger partial charge in [0.1, 0.15) is 10.7 Å². The summed E-state index contributed by atoms with van der Waals surface area (Å²) in [7, 11) is 0. The molecule has 0 aliphatic rings. The first-order valence-electron chi connectivity index (χ1n) is 8.98. The van der Waals surface area contributed by atoms with Crippen LogP contribution in [0.4, 0.5) is 10.1 Å².